The topological polar surface area (TPSA) is 110 Å². The molecule has 0 aliphatic carbocycles. The number of carbonyl (C=O) groups excluding carboxylic acids is 1. The van der Waals surface area contributed by atoms with Gasteiger partial charge in [-0.25, -0.2) is 4.98 Å². The van der Waals surface area contributed by atoms with E-state index in [1.165, 1.54) is 0 Å². The Kier molecular flexibility index (Phi) is 4.38. The zero-order valence-corrected chi connectivity index (χ0v) is 13.8. The molecule has 0 aliphatic rings. The van der Waals surface area contributed by atoms with Crippen LogP contribution >= 0.6 is 0 Å². The standard InChI is InChI=1S/C18H16N6O2/c25-18(14-7-6-13-11-20-23-17(13)21-14)19-9-8-16-22-15(24-26-16)10-12-4-2-1-3-5-12/h1-7,11H,8-10H2,(H,19,25)(H,20,21,23). The van der Waals surface area contributed by atoms with Crippen LogP contribution in [0.25, 0.3) is 11.0 Å². The van der Waals surface area contributed by atoms with Crippen LogP contribution < -0.4 is 5.32 Å². The molecular weight excluding hydrogens is 332 g/mol. The van der Waals surface area contributed by atoms with Crippen molar-refractivity contribution in [3.63, 3.8) is 0 Å². The van der Waals surface area contributed by atoms with E-state index in [4.69, 9.17) is 4.52 Å². The maximum Gasteiger partial charge on any atom is 0.269 e. The number of nitrogens with zero attached hydrogens (tertiary/aromatic N) is 4. The lowest BCUT2D eigenvalue weighted by atomic mass is 10.1. The Hall–Kier alpha value is -3.55. The average Bonchev–Trinajstić information content (AvgIpc) is 3.31. The summed E-state index contributed by atoms with van der Waals surface area (Å²) >= 11 is 0. The first-order valence-corrected chi connectivity index (χ1v) is 8.21. The summed E-state index contributed by atoms with van der Waals surface area (Å²) in [4.78, 5) is 20.8. The van der Waals surface area contributed by atoms with Crippen molar-refractivity contribution >= 4 is 16.9 Å². The zero-order chi connectivity index (χ0) is 17.8. The van der Waals surface area contributed by atoms with Crippen molar-refractivity contribution in [3.8, 4) is 0 Å². The maximum atomic E-state index is 12.2. The quantitative estimate of drug-likeness (QED) is 0.551. The summed E-state index contributed by atoms with van der Waals surface area (Å²) in [5.41, 5.74) is 2.03. The number of pyridine rings is 1. The van der Waals surface area contributed by atoms with E-state index >= 15 is 0 Å². The molecule has 4 rings (SSSR count). The van der Waals surface area contributed by atoms with Crippen LogP contribution in [-0.2, 0) is 12.8 Å². The van der Waals surface area contributed by atoms with Crippen LogP contribution in [0.1, 0.15) is 27.8 Å². The molecule has 0 bridgehead atoms. The molecule has 2 N–H and O–H groups in total. The van der Waals surface area contributed by atoms with E-state index in [9.17, 15) is 4.79 Å². The molecule has 26 heavy (non-hydrogen) atoms. The number of fused-ring (bicyclic) bond motifs is 1. The van der Waals surface area contributed by atoms with Crippen LogP contribution in [0.3, 0.4) is 0 Å². The van der Waals surface area contributed by atoms with Crippen molar-refractivity contribution in [1.82, 2.24) is 30.6 Å². The molecule has 0 fully saturated rings. The molecule has 3 heterocycles. The molecular formula is C18H16N6O2. The van der Waals surface area contributed by atoms with Crippen molar-refractivity contribution in [1.29, 1.82) is 0 Å². The maximum absolute atomic E-state index is 12.2. The fourth-order valence-corrected chi connectivity index (χ4v) is 2.57. The molecule has 8 nitrogen and oxygen atoms in total. The van der Waals surface area contributed by atoms with Crippen LogP contribution in [0, 0.1) is 0 Å². The number of hydrogen-bond acceptors (Lipinski definition) is 6. The smallest absolute Gasteiger partial charge is 0.269 e. The van der Waals surface area contributed by atoms with Gasteiger partial charge in [0.15, 0.2) is 11.5 Å². The van der Waals surface area contributed by atoms with Crippen LogP contribution in [-0.4, -0.2) is 37.8 Å². The Balaban J connectivity index is 1.31. The van der Waals surface area contributed by atoms with Crippen LogP contribution in [0.5, 0.6) is 0 Å². The molecule has 0 saturated heterocycles. The predicted octanol–water partition coefficient (Wildman–Crippen LogP) is 1.90. The number of benzene rings is 1. The van der Waals surface area contributed by atoms with Gasteiger partial charge in [0, 0.05) is 24.8 Å². The normalized spacial score (nSPS) is 10.9. The van der Waals surface area contributed by atoms with E-state index in [0.717, 1.165) is 10.9 Å². The summed E-state index contributed by atoms with van der Waals surface area (Å²) in [7, 11) is 0. The van der Waals surface area contributed by atoms with Gasteiger partial charge in [-0.05, 0) is 17.7 Å². The Morgan fingerprint density at radius 1 is 1.12 bits per heavy atom. The van der Waals surface area contributed by atoms with Gasteiger partial charge in [-0.2, -0.15) is 10.1 Å². The van der Waals surface area contributed by atoms with Crippen molar-refractivity contribution in [2.45, 2.75) is 12.8 Å². The Morgan fingerprint density at radius 3 is 2.88 bits per heavy atom. The van der Waals surface area contributed by atoms with Gasteiger partial charge in [-0.3, -0.25) is 9.89 Å². The number of rotatable bonds is 6. The summed E-state index contributed by atoms with van der Waals surface area (Å²) in [5, 5.41) is 14.3. The number of H-pyrrole nitrogens is 1. The molecule has 3 aromatic heterocycles. The molecule has 0 spiro atoms. The summed E-state index contributed by atoms with van der Waals surface area (Å²) in [6.07, 6.45) is 2.73. The predicted molar refractivity (Wildman–Crippen MR) is 93.5 cm³/mol. The van der Waals surface area contributed by atoms with Crippen LogP contribution in [0.2, 0.25) is 0 Å². The van der Waals surface area contributed by atoms with E-state index in [0.29, 0.717) is 42.4 Å². The lowest BCUT2D eigenvalue weighted by Gasteiger charge is -2.02. The highest BCUT2D eigenvalue weighted by atomic mass is 16.5. The number of hydrogen-bond donors (Lipinski definition) is 2. The molecule has 1 amide bonds. The highest BCUT2D eigenvalue weighted by Gasteiger charge is 2.11. The first-order valence-electron chi connectivity index (χ1n) is 8.21. The molecule has 0 saturated carbocycles. The van der Waals surface area contributed by atoms with Gasteiger partial charge in [-0.15, -0.1) is 0 Å². The summed E-state index contributed by atoms with van der Waals surface area (Å²) in [5.74, 6) is 0.864. The van der Waals surface area contributed by atoms with Gasteiger partial charge < -0.3 is 9.84 Å². The highest BCUT2D eigenvalue weighted by molar-refractivity contribution is 5.94. The number of nitrogens with one attached hydrogen (secondary N) is 2. The molecule has 0 aliphatic heterocycles. The minimum absolute atomic E-state index is 0.259. The monoisotopic (exact) mass is 348 g/mol. The Bertz CT molecular complexity index is 1020. The van der Waals surface area contributed by atoms with Crippen LogP contribution in [0.15, 0.2) is 53.2 Å². The first-order chi connectivity index (χ1) is 12.8. The number of aromatic nitrogens is 5. The fraction of sp³-hybridized carbons (Fsp3) is 0.167. The third-order valence-electron chi connectivity index (χ3n) is 3.87. The van der Waals surface area contributed by atoms with Gasteiger partial charge >= 0.3 is 0 Å². The van der Waals surface area contributed by atoms with Gasteiger partial charge in [0.2, 0.25) is 5.89 Å². The molecule has 8 heteroatoms. The van der Waals surface area contributed by atoms with E-state index < -0.39 is 0 Å². The van der Waals surface area contributed by atoms with E-state index in [-0.39, 0.29) is 5.91 Å². The average molecular weight is 348 g/mol. The van der Waals surface area contributed by atoms with Crippen LogP contribution in [0.4, 0.5) is 0 Å². The Morgan fingerprint density at radius 2 is 2.00 bits per heavy atom. The fourth-order valence-electron chi connectivity index (χ4n) is 2.57. The molecule has 0 radical (unpaired) electrons. The van der Waals surface area contributed by atoms with Crippen molar-refractivity contribution in [2.24, 2.45) is 0 Å². The highest BCUT2D eigenvalue weighted by Crippen LogP contribution is 2.09. The van der Waals surface area contributed by atoms with Crippen molar-refractivity contribution in [3.05, 3.63) is 71.6 Å². The van der Waals surface area contributed by atoms with E-state index in [1.54, 1.807) is 18.3 Å². The second kappa shape index (κ2) is 7.14. The van der Waals surface area contributed by atoms with Crippen molar-refractivity contribution in [2.75, 3.05) is 6.54 Å². The van der Waals surface area contributed by atoms with Gasteiger partial charge in [-0.1, -0.05) is 35.5 Å². The van der Waals surface area contributed by atoms with Gasteiger partial charge in [0.25, 0.3) is 5.91 Å². The number of carbonyl (C=O) groups is 1. The minimum atomic E-state index is -0.259. The van der Waals surface area contributed by atoms with Gasteiger partial charge in [0.1, 0.15) is 5.69 Å². The lowest BCUT2D eigenvalue weighted by molar-refractivity contribution is 0.0948. The minimum Gasteiger partial charge on any atom is -0.350 e. The third-order valence-corrected chi connectivity index (χ3v) is 3.87. The SMILES string of the molecule is O=C(NCCc1nc(Cc2ccccc2)no1)c1ccc2cn[nH]c2n1. The third kappa shape index (κ3) is 3.59. The zero-order valence-electron chi connectivity index (χ0n) is 13.8. The second-order valence-corrected chi connectivity index (χ2v) is 5.78. The molecule has 4 aromatic rings. The van der Waals surface area contributed by atoms with E-state index in [1.807, 2.05) is 30.3 Å². The van der Waals surface area contributed by atoms with E-state index in [2.05, 4.69) is 30.6 Å². The Labute approximate surface area is 148 Å². The lowest BCUT2D eigenvalue weighted by Crippen LogP contribution is -2.26. The molecule has 0 atom stereocenters. The van der Waals surface area contributed by atoms with Crippen molar-refractivity contribution < 1.29 is 9.32 Å². The molecule has 1 aromatic carbocycles. The number of amides is 1. The summed E-state index contributed by atoms with van der Waals surface area (Å²) in [6, 6.07) is 13.4. The largest absolute Gasteiger partial charge is 0.350 e. The second-order valence-electron chi connectivity index (χ2n) is 5.78. The summed E-state index contributed by atoms with van der Waals surface area (Å²) < 4.78 is 5.23. The number of aromatic amines is 1. The van der Waals surface area contributed by atoms with Gasteiger partial charge in [0.05, 0.1) is 6.20 Å². The first kappa shape index (κ1) is 15.9. The molecule has 0 unspecified atom stereocenters. The molecule has 130 valence electrons. The summed E-state index contributed by atoms with van der Waals surface area (Å²) in [6.45, 7) is 0.383.